The minimum atomic E-state index is 0.113. The highest BCUT2D eigenvalue weighted by atomic mass is 16.5. The molecule has 0 aromatic heterocycles. The molecule has 0 atom stereocenters. The summed E-state index contributed by atoms with van der Waals surface area (Å²) in [6.45, 7) is 5.46. The van der Waals surface area contributed by atoms with Crippen molar-refractivity contribution in [2.45, 2.75) is 31.8 Å². The zero-order chi connectivity index (χ0) is 13.0. The van der Waals surface area contributed by atoms with Crippen molar-refractivity contribution in [2.24, 2.45) is 5.73 Å². The van der Waals surface area contributed by atoms with Gasteiger partial charge in [0, 0.05) is 31.8 Å². The Bertz CT molecular complexity index is 386. The van der Waals surface area contributed by atoms with E-state index >= 15 is 0 Å². The molecule has 0 unspecified atom stereocenters. The van der Waals surface area contributed by atoms with Crippen molar-refractivity contribution in [2.75, 3.05) is 26.8 Å². The predicted molar refractivity (Wildman–Crippen MR) is 74.5 cm³/mol. The summed E-state index contributed by atoms with van der Waals surface area (Å²) in [4.78, 5) is 2.41. The first-order chi connectivity index (χ1) is 8.66. The van der Waals surface area contributed by atoms with Gasteiger partial charge in [-0.25, -0.2) is 0 Å². The van der Waals surface area contributed by atoms with Gasteiger partial charge in [-0.3, -0.25) is 4.90 Å². The van der Waals surface area contributed by atoms with Crippen molar-refractivity contribution >= 4 is 0 Å². The first kappa shape index (κ1) is 13.5. The van der Waals surface area contributed by atoms with Crippen molar-refractivity contribution in [3.8, 4) is 0 Å². The van der Waals surface area contributed by atoms with Crippen molar-refractivity contribution < 1.29 is 4.74 Å². The maximum absolute atomic E-state index is 6.03. The Hall–Kier alpha value is -0.900. The number of nitrogens with two attached hydrogens (primary N) is 1. The summed E-state index contributed by atoms with van der Waals surface area (Å²) in [5, 5.41) is 0. The van der Waals surface area contributed by atoms with E-state index in [1.165, 1.54) is 11.1 Å². The molecule has 2 rings (SSSR count). The summed E-state index contributed by atoms with van der Waals surface area (Å²) in [5.41, 5.74) is 8.81. The summed E-state index contributed by atoms with van der Waals surface area (Å²) in [6, 6.07) is 8.70. The van der Waals surface area contributed by atoms with E-state index in [9.17, 15) is 0 Å². The second kappa shape index (κ2) is 5.83. The third kappa shape index (κ3) is 2.91. The number of likely N-dealkylation sites (N-methyl/N-ethyl adjacent to an activating group) is 1. The van der Waals surface area contributed by atoms with Gasteiger partial charge in [0.2, 0.25) is 0 Å². The topological polar surface area (TPSA) is 38.5 Å². The Kier molecular flexibility index (Phi) is 4.38. The lowest BCUT2D eigenvalue weighted by molar-refractivity contribution is -0.0163. The van der Waals surface area contributed by atoms with Crippen LogP contribution in [0.15, 0.2) is 24.3 Å². The third-order valence-corrected chi connectivity index (χ3v) is 4.12. The van der Waals surface area contributed by atoms with Crippen LogP contribution in [0.25, 0.3) is 0 Å². The standard InChI is InChI=1S/C15H24N2O/c1-13-4-3-5-14(10-13)11-17(2)15(12-16)6-8-18-9-7-15/h3-5,10H,6-9,11-12,16H2,1-2H3. The number of nitrogens with zero attached hydrogens (tertiary/aromatic N) is 1. The van der Waals surface area contributed by atoms with Gasteiger partial charge in [0.15, 0.2) is 0 Å². The molecule has 0 bridgehead atoms. The molecule has 0 aliphatic carbocycles. The number of benzene rings is 1. The third-order valence-electron chi connectivity index (χ3n) is 4.12. The minimum Gasteiger partial charge on any atom is -0.381 e. The molecular formula is C15H24N2O. The van der Waals surface area contributed by atoms with Crippen LogP contribution in [-0.4, -0.2) is 37.2 Å². The van der Waals surface area contributed by atoms with Gasteiger partial charge in [-0.15, -0.1) is 0 Å². The number of hydrogen-bond donors (Lipinski definition) is 1. The zero-order valence-corrected chi connectivity index (χ0v) is 11.5. The van der Waals surface area contributed by atoms with E-state index in [1.807, 2.05) is 0 Å². The van der Waals surface area contributed by atoms with E-state index in [4.69, 9.17) is 10.5 Å². The van der Waals surface area contributed by atoms with Gasteiger partial charge in [-0.2, -0.15) is 0 Å². The number of rotatable bonds is 4. The van der Waals surface area contributed by atoms with Gasteiger partial charge < -0.3 is 10.5 Å². The second-order valence-corrected chi connectivity index (χ2v) is 5.39. The van der Waals surface area contributed by atoms with Crippen molar-refractivity contribution in [3.05, 3.63) is 35.4 Å². The summed E-state index contributed by atoms with van der Waals surface area (Å²) in [5.74, 6) is 0. The monoisotopic (exact) mass is 248 g/mol. The van der Waals surface area contributed by atoms with E-state index in [2.05, 4.69) is 43.1 Å². The molecule has 1 aromatic carbocycles. The first-order valence-electron chi connectivity index (χ1n) is 6.71. The fourth-order valence-corrected chi connectivity index (χ4v) is 2.75. The summed E-state index contributed by atoms with van der Waals surface area (Å²) >= 11 is 0. The molecule has 0 radical (unpaired) electrons. The highest BCUT2D eigenvalue weighted by Crippen LogP contribution is 2.27. The van der Waals surface area contributed by atoms with E-state index in [1.54, 1.807) is 0 Å². The molecule has 18 heavy (non-hydrogen) atoms. The average molecular weight is 248 g/mol. The van der Waals surface area contributed by atoms with Crippen LogP contribution in [0, 0.1) is 6.92 Å². The summed E-state index contributed by atoms with van der Waals surface area (Å²) in [6.07, 6.45) is 2.07. The van der Waals surface area contributed by atoms with Gasteiger partial charge in [-0.1, -0.05) is 29.8 Å². The molecule has 3 heteroatoms. The number of hydrogen-bond acceptors (Lipinski definition) is 3. The summed E-state index contributed by atoms with van der Waals surface area (Å²) < 4.78 is 5.46. The lowest BCUT2D eigenvalue weighted by Crippen LogP contribution is -2.54. The second-order valence-electron chi connectivity index (χ2n) is 5.39. The molecule has 3 nitrogen and oxygen atoms in total. The molecule has 100 valence electrons. The lowest BCUT2D eigenvalue weighted by Gasteiger charge is -2.44. The normalized spacial score (nSPS) is 19.1. The molecule has 2 N–H and O–H groups in total. The van der Waals surface area contributed by atoms with Crippen LogP contribution in [-0.2, 0) is 11.3 Å². The van der Waals surface area contributed by atoms with E-state index in [0.717, 1.165) is 32.6 Å². The van der Waals surface area contributed by atoms with Crippen molar-refractivity contribution in [1.82, 2.24) is 4.90 Å². The van der Waals surface area contributed by atoms with Crippen LogP contribution >= 0.6 is 0 Å². The predicted octanol–water partition coefficient (Wildman–Crippen LogP) is 1.93. The van der Waals surface area contributed by atoms with Crippen LogP contribution in [0.3, 0.4) is 0 Å². The Labute approximate surface area is 110 Å². The molecular weight excluding hydrogens is 224 g/mol. The molecule has 1 heterocycles. The van der Waals surface area contributed by atoms with Gasteiger partial charge in [0.1, 0.15) is 0 Å². The molecule has 0 spiro atoms. The highest BCUT2D eigenvalue weighted by molar-refractivity contribution is 5.22. The largest absolute Gasteiger partial charge is 0.381 e. The summed E-state index contributed by atoms with van der Waals surface area (Å²) in [7, 11) is 2.18. The molecule has 1 aromatic rings. The minimum absolute atomic E-state index is 0.113. The molecule has 1 aliphatic rings. The Morgan fingerprint density at radius 1 is 1.33 bits per heavy atom. The Morgan fingerprint density at radius 2 is 2.06 bits per heavy atom. The Balaban J connectivity index is 2.07. The van der Waals surface area contributed by atoms with Crippen LogP contribution in [0.1, 0.15) is 24.0 Å². The fraction of sp³-hybridized carbons (Fsp3) is 0.600. The van der Waals surface area contributed by atoms with Crippen molar-refractivity contribution in [1.29, 1.82) is 0 Å². The number of ether oxygens (including phenoxy) is 1. The van der Waals surface area contributed by atoms with Gasteiger partial charge in [-0.05, 0) is 32.4 Å². The Morgan fingerprint density at radius 3 is 2.67 bits per heavy atom. The van der Waals surface area contributed by atoms with Crippen LogP contribution in [0.5, 0.6) is 0 Å². The SMILES string of the molecule is Cc1cccc(CN(C)C2(CN)CCOCC2)c1. The van der Waals surface area contributed by atoms with Crippen LogP contribution < -0.4 is 5.73 Å². The van der Waals surface area contributed by atoms with Gasteiger partial charge in [0.25, 0.3) is 0 Å². The number of aryl methyl sites for hydroxylation is 1. The maximum Gasteiger partial charge on any atom is 0.0484 e. The lowest BCUT2D eigenvalue weighted by atomic mass is 9.88. The van der Waals surface area contributed by atoms with Crippen LogP contribution in [0.2, 0.25) is 0 Å². The fourth-order valence-electron chi connectivity index (χ4n) is 2.75. The highest BCUT2D eigenvalue weighted by Gasteiger charge is 2.35. The molecule has 1 aliphatic heterocycles. The van der Waals surface area contributed by atoms with E-state index in [0.29, 0.717) is 6.54 Å². The maximum atomic E-state index is 6.03. The molecule has 0 saturated carbocycles. The quantitative estimate of drug-likeness (QED) is 0.885. The van der Waals surface area contributed by atoms with Crippen molar-refractivity contribution in [3.63, 3.8) is 0 Å². The smallest absolute Gasteiger partial charge is 0.0484 e. The zero-order valence-electron chi connectivity index (χ0n) is 11.5. The van der Waals surface area contributed by atoms with Crippen LogP contribution in [0.4, 0.5) is 0 Å². The van der Waals surface area contributed by atoms with Gasteiger partial charge >= 0.3 is 0 Å². The van der Waals surface area contributed by atoms with E-state index < -0.39 is 0 Å². The molecule has 1 fully saturated rings. The first-order valence-corrected chi connectivity index (χ1v) is 6.71. The molecule has 0 amide bonds. The van der Waals surface area contributed by atoms with Gasteiger partial charge in [0.05, 0.1) is 0 Å². The average Bonchev–Trinajstić information content (AvgIpc) is 2.39. The molecule has 1 saturated heterocycles. The van der Waals surface area contributed by atoms with E-state index in [-0.39, 0.29) is 5.54 Å².